The number of halogens is 1. The van der Waals surface area contributed by atoms with Gasteiger partial charge in [0, 0.05) is 50.9 Å². The van der Waals surface area contributed by atoms with Crippen LogP contribution in [0.3, 0.4) is 0 Å². The average molecular weight is 796 g/mol. The molecular formula is C33H44AuFN2O3PS. The maximum Gasteiger partial charge on any atom is 0.488 e. The minimum atomic E-state index is -4.99. The van der Waals surface area contributed by atoms with E-state index in [1.807, 2.05) is 12.1 Å². The predicted molar refractivity (Wildman–Crippen MR) is 172 cm³/mol. The van der Waals surface area contributed by atoms with Crippen LogP contribution in [-0.4, -0.2) is 33.8 Å². The number of para-hydroxylation sites is 1. The molecule has 5 nitrogen and oxygen atoms in total. The minimum Gasteiger partial charge on any atom is -0.433 e. The van der Waals surface area contributed by atoms with Crippen molar-refractivity contribution in [3.8, 4) is 5.75 Å². The first-order valence-electron chi connectivity index (χ1n) is 14.9. The molecule has 0 heterocycles. The molecule has 0 saturated heterocycles. The standard InChI is InChI=1S/C20H32NP.C13H11FNO3S.Au/c1-21(2)19-15-9-10-16-20(19)22(17-11-5-3-6-12-17)18-13-7-4-8-14-18;14-19(16,17)18-13-8-4-5-11(9-13)10-15-12-6-2-1-3-7-12;/h9-10,15-18H,3-8,11-14H2,1-2H3;1-2,4-9,15H,10H2;/q;-1;/p+1. The monoisotopic (exact) mass is 795 g/mol. The molecule has 0 unspecified atom stereocenters. The van der Waals surface area contributed by atoms with Crippen LogP contribution in [0.4, 0.5) is 15.3 Å². The summed E-state index contributed by atoms with van der Waals surface area (Å²) >= 11 is 0. The first-order chi connectivity index (χ1) is 19.8. The molecule has 1 N–H and O–H groups in total. The SMILES string of the molecule is CN(C)c1ccccc1[PH+](C1CCCCC1)C1CCCCC1.O=S(=O)(F)Oc1cccc(CNc2c[c-]ccc2)c1.[Au]. The summed E-state index contributed by atoms with van der Waals surface area (Å²) in [5.74, 6) is -0.0542. The Hall–Kier alpha value is -1.89. The Morgan fingerprint density at radius 1 is 0.905 bits per heavy atom. The number of hydrogen-bond acceptors (Lipinski definition) is 5. The van der Waals surface area contributed by atoms with Crippen molar-refractivity contribution >= 4 is 35.1 Å². The molecule has 2 fully saturated rings. The van der Waals surface area contributed by atoms with Gasteiger partial charge in [0.2, 0.25) is 0 Å². The molecule has 0 spiro atoms. The Morgan fingerprint density at radius 3 is 2.12 bits per heavy atom. The Morgan fingerprint density at radius 2 is 1.55 bits per heavy atom. The third kappa shape index (κ3) is 11.0. The topological polar surface area (TPSA) is 58.6 Å². The summed E-state index contributed by atoms with van der Waals surface area (Å²) in [6, 6.07) is 25.8. The molecule has 0 aliphatic heterocycles. The fraction of sp³-hybridized carbons (Fsp3) is 0.455. The zero-order chi connectivity index (χ0) is 29.1. The number of nitrogens with zero attached hydrogens (tertiary/aromatic N) is 1. The van der Waals surface area contributed by atoms with Gasteiger partial charge in [0.1, 0.15) is 11.1 Å². The third-order valence-corrected chi connectivity index (χ3v) is 12.4. The fourth-order valence-electron chi connectivity index (χ4n) is 6.24. The van der Waals surface area contributed by atoms with Gasteiger partial charge in [-0.1, -0.05) is 46.7 Å². The number of anilines is 2. The molecule has 9 heteroatoms. The summed E-state index contributed by atoms with van der Waals surface area (Å²) in [5, 5.41) is 4.87. The van der Waals surface area contributed by atoms with Crippen LogP contribution in [0.15, 0.2) is 72.8 Å². The second kappa shape index (κ2) is 17.4. The molecule has 5 rings (SSSR count). The number of nitrogens with one attached hydrogen (secondary N) is 1. The Labute approximate surface area is 269 Å². The molecule has 1 radical (unpaired) electrons. The molecular weight excluding hydrogens is 751 g/mol. The van der Waals surface area contributed by atoms with Gasteiger partial charge in [0.25, 0.3) is 0 Å². The van der Waals surface area contributed by atoms with Crippen LogP contribution in [0.5, 0.6) is 5.75 Å². The van der Waals surface area contributed by atoms with Crippen molar-refractivity contribution in [2.75, 3.05) is 24.3 Å². The summed E-state index contributed by atoms with van der Waals surface area (Å²) in [6.07, 6.45) is 14.9. The van der Waals surface area contributed by atoms with Crippen molar-refractivity contribution in [3.63, 3.8) is 0 Å². The summed E-state index contributed by atoms with van der Waals surface area (Å²) in [6.45, 7) is 0.460. The predicted octanol–water partition coefficient (Wildman–Crippen LogP) is 7.95. The number of benzene rings is 3. The molecule has 42 heavy (non-hydrogen) atoms. The van der Waals surface area contributed by atoms with Crippen LogP contribution >= 0.6 is 7.92 Å². The van der Waals surface area contributed by atoms with E-state index in [1.165, 1.54) is 82.0 Å². The zero-order valence-electron chi connectivity index (χ0n) is 24.6. The van der Waals surface area contributed by atoms with Gasteiger partial charge in [-0.3, -0.25) is 0 Å². The summed E-state index contributed by atoms with van der Waals surface area (Å²) in [7, 11) is -0.981. The van der Waals surface area contributed by atoms with Gasteiger partial charge in [0.15, 0.2) is 0 Å². The fourth-order valence-corrected chi connectivity index (χ4v) is 11.1. The molecule has 0 bridgehead atoms. The van der Waals surface area contributed by atoms with E-state index in [4.69, 9.17) is 0 Å². The first-order valence-corrected chi connectivity index (χ1v) is 17.8. The van der Waals surface area contributed by atoms with E-state index in [9.17, 15) is 12.3 Å². The first kappa shape index (κ1) is 34.6. The smallest absolute Gasteiger partial charge is 0.433 e. The van der Waals surface area contributed by atoms with Crippen LogP contribution in [0.2, 0.25) is 0 Å². The summed E-state index contributed by atoms with van der Waals surface area (Å²) < 4.78 is 37.3. The molecule has 2 saturated carbocycles. The van der Waals surface area contributed by atoms with Crippen molar-refractivity contribution in [1.82, 2.24) is 0 Å². The molecule has 3 aromatic carbocycles. The van der Waals surface area contributed by atoms with Crippen molar-refractivity contribution in [2.24, 2.45) is 0 Å². The maximum absolute atomic E-state index is 12.4. The van der Waals surface area contributed by atoms with E-state index < -0.39 is 18.4 Å². The average Bonchev–Trinajstić information content (AvgIpc) is 2.98. The van der Waals surface area contributed by atoms with Gasteiger partial charge in [-0.15, -0.1) is 0 Å². The zero-order valence-corrected chi connectivity index (χ0v) is 28.6. The van der Waals surface area contributed by atoms with E-state index >= 15 is 0 Å². The molecule has 2 aliphatic carbocycles. The van der Waals surface area contributed by atoms with Crippen LogP contribution < -0.4 is 19.7 Å². The normalized spacial score (nSPS) is 16.1. The van der Waals surface area contributed by atoms with E-state index in [2.05, 4.69) is 58.8 Å². The van der Waals surface area contributed by atoms with Crippen LogP contribution in [0.25, 0.3) is 0 Å². The van der Waals surface area contributed by atoms with Gasteiger partial charge in [0.05, 0.1) is 17.0 Å². The van der Waals surface area contributed by atoms with Crippen molar-refractivity contribution in [3.05, 3.63) is 84.4 Å². The van der Waals surface area contributed by atoms with Crippen molar-refractivity contribution in [1.29, 1.82) is 0 Å². The van der Waals surface area contributed by atoms with E-state index in [1.54, 1.807) is 29.6 Å². The molecule has 0 amide bonds. The quantitative estimate of drug-likeness (QED) is 0.103. The van der Waals surface area contributed by atoms with E-state index in [0.29, 0.717) is 6.54 Å². The van der Waals surface area contributed by atoms with Gasteiger partial charge in [-0.05, 0) is 81.2 Å². The van der Waals surface area contributed by atoms with Gasteiger partial charge < -0.3 is 14.4 Å². The van der Waals surface area contributed by atoms with Crippen LogP contribution in [-0.2, 0) is 39.4 Å². The van der Waals surface area contributed by atoms with Gasteiger partial charge >= 0.3 is 10.5 Å². The third-order valence-electron chi connectivity index (χ3n) is 8.08. The second-order valence-electron chi connectivity index (χ2n) is 11.3. The molecule has 3 aromatic rings. The van der Waals surface area contributed by atoms with Gasteiger partial charge in [-0.2, -0.15) is 38.7 Å². The maximum atomic E-state index is 12.4. The number of hydrogen-bond donors (Lipinski definition) is 1. The molecule has 0 aromatic heterocycles. The van der Waals surface area contributed by atoms with Crippen molar-refractivity contribution in [2.45, 2.75) is 82.1 Å². The van der Waals surface area contributed by atoms with E-state index in [-0.39, 0.29) is 28.1 Å². The molecule has 2 aliphatic rings. The Bertz CT molecular complexity index is 1300. The van der Waals surface area contributed by atoms with Crippen LogP contribution in [0, 0.1) is 6.07 Å². The second-order valence-corrected chi connectivity index (χ2v) is 15.3. The molecule has 0 atom stereocenters. The summed E-state index contributed by atoms with van der Waals surface area (Å²) in [4.78, 5) is 2.35. The number of rotatable bonds is 9. The largest absolute Gasteiger partial charge is 0.488 e. The molecule has 233 valence electrons. The minimum absolute atomic E-state index is 0. The summed E-state index contributed by atoms with van der Waals surface area (Å²) in [5.41, 5.74) is 5.22. The van der Waals surface area contributed by atoms with Crippen molar-refractivity contribution < 1.29 is 38.9 Å². The van der Waals surface area contributed by atoms with E-state index in [0.717, 1.165) is 22.6 Å². The van der Waals surface area contributed by atoms with Gasteiger partial charge in [-0.25, -0.2) is 0 Å². The Balaban J connectivity index is 0.000000228. The van der Waals surface area contributed by atoms with Crippen LogP contribution in [0.1, 0.15) is 69.8 Å². The Kier molecular flexibility index (Phi) is 14.3.